The number of hydrogen-bond donors (Lipinski definition) is 1. The van der Waals surface area contributed by atoms with E-state index in [1.807, 2.05) is 36.6 Å². The number of benzene rings is 1. The third-order valence-electron chi connectivity index (χ3n) is 2.70. The van der Waals surface area contributed by atoms with E-state index in [0.29, 0.717) is 11.0 Å². The Kier molecular flexibility index (Phi) is 3.00. The van der Waals surface area contributed by atoms with Crippen LogP contribution in [0.3, 0.4) is 0 Å². The largest absolute Gasteiger partial charge is 0.368 e. The van der Waals surface area contributed by atoms with Crippen LogP contribution in [0.1, 0.15) is 0 Å². The first-order chi connectivity index (χ1) is 9.28. The Morgan fingerprint density at radius 1 is 1.05 bits per heavy atom. The standard InChI is InChI=1S/C13H11N5S/c1-19-13-17-11(16-12(14)18-13)10-9-5-3-2-4-8(9)6-7-15-10/h2-7H,1H3,(H2,14,16,17,18). The zero-order chi connectivity index (χ0) is 13.2. The molecule has 5 nitrogen and oxygen atoms in total. The number of aromatic nitrogens is 4. The number of pyridine rings is 1. The third-order valence-corrected chi connectivity index (χ3v) is 3.25. The lowest BCUT2D eigenvalue weighted by atomic mass is 10.1. The van der Waals surface area contributed by atoms with Crippen molar-refractivity contribution in [1.29, 1.82) is 0 Å². The molecule has 19 heavy (non-hydrogen) atoms. The van der Waals surface area contributed by atoms with Crippen molar-refractivity contribution >= 4 is 28.5 Å². The molecule has 0 saturated heterocycles. The van der Waals surface area contributed by atoms with Gasteiger partial charge in [-0.05, 0) is 17.7 Å². The topological polar surface area (TPSA) is 77.6 Å². The molecule has 0 amide bonds. The average Bonchev–Trinajstić information content (AvgIpc) is 2.46. The van der Waals surface area contributed by atoms with Crippen LogP contribution in [0, 0.1) is 0 Å². The lowest BCUT2D eigenvalue weighted by Gasteiger charge is -2.05. The SMILES string of the molecule is CSc1nc(N)nc(-c2nccc3ccccc23)n1. The van der Waals surface area contributed by atoms with Crippen LogP contribution < -0.4 is 5.73 Å². The predicted octanol–water partition coefficient (Wildman–Crippen LogP) is 2.39. The second kappa shape index (κ2) is 4.81. The summed E-state index contributed by atoms with van der Waals surface area (Å²) < 4.78 is 0. The van der Waals surface area contributed by atoms with Crippen molar-refractivity contribution in [3.8, 4) is 11.5 Å². The zero-order valence-electron chi connectivity index (χ0n) is 10.2. The third kappa shape index (κ3) is 2.22. The fraction of sp³-hybridized carbons (Fsp3) is 0.0769. The quantitative estimate of drug-likeness (QED) is 0.720. The molecule has 94 valence electrons. The minimum Gasteiger partial charge on any atom is -0.368 e. The van der Waals surface area contributed by atoms with E-state index in [0.717, 1.165) is 16.5 Å². The van der Waals surface area contributed by atoms with E-state index in [1.165, 1.54) is 11.8 Å². The monoisotopic (exact) mass is 269 g/mol. The second-order valence-electron chi connectivity index (χ2n) is 3.88. The maximum atomic E-state index is 5.71. The van der Waals surface area contributed by atoms with E-state index in [1.54, 1.807) is 6.20 Å². The summed E-state index contributed by atoms with van der Waals surface area (Å²) >= 11 is 1.43. The number of rotatable bonds is 2. The second-order valence-corrected chi connectivity index (χ2v) is 4.66. The lowest BCUT2D eigenvalue weighted by molar-refractivity contribution is 0.923. The minimum atomic E-state index is 0.212. The molecule has 0 aliphatic rings. The van der Waals surface area contributed by atoms with Crippen LogP contribution in [0.5, 0.6) is 0 Å². The van der Waals surface area contributed by atoms with Gasteiger partial charge >= 0.3 is 0 Å². The van der Waals surface area contributed by atoms with Gasteiger partial charge in [0.15, 0.2) is 11.0 Å². The molecule has 1 aromatic carbocycles. The summed E-state index contributed by atoms with van der Waals surface area (Å²) in [5.41, 5.74) is 6.44. The summed E-state index contributed by atoms with van der Waals surface area (Å²) in [7, 11) is 0. The molecule has 0 aliphatic heterocycles. The Bertz CT molecular complexity index is 739. The Labute approximate surface area is 114 Å². The van der Waals surface area contributed by atoms with Gasteiger partial charge in [0.2, 0.25) is 5.95 Å². The van der Waals surface area contributed by atoms with Crippen molar-refractivity contribution in [2.75, 3.05) is 12.0 Å². The Morgan fingerprint density at radius 3 is 2.74 bits per heavy atom. The van der Waals surface area contributed by atoms with E-state index in [9.17, 15) is 0 Å². The normalized spacial score (nSPS) is 10.8. The number of nitrogen functional groups attached to an aromatic ring is 1. The van der Waals surface area contributed by atoms with E-state index in [4.69, 9.17) is 5.73 Å². The first-order valence-electron chi connectivity index (χ1n) is 5.67. The molecular formula is C13H11N5S. The van der Waals surface area contributed by atoms with Crippen molar-refractivity contribution in [2.24, 2.45) is 0 Å². The zero-order valence-corrected chi connectivity index (χ0v) is 11.1. The molecular weight excluding hydrogens is 258 g/mol. The highest BCUT2D eigenvalue weighted by Crippen LogP contribution is 2.24. The van der Waals surface area contributed by atoms with Crippen molar-refractivity contribution in [2.45, 2.75) is 5.16 Å². The molecule has 3 aromatic rings. The number of fused-ring (bicyclic) bond motifs is 1. The van der Waals surface area contributed by atoms with Crippen molar-refractivity contribution in [3.05, 3.63) is 36.5 Å². The van der Waals surface area contributed by atoms with E-state index < -0.39 is 0 Å². The van der Waals surface area contributed by atoms with E-state index in [-0.39, 0.29) is 5.95 Å². The predicted molar refractivity (Wildman–Crippen MR) is 76.8 cm³/mol. The molecule has 0 spiro atoms. The molecule has 0 fully saturated rings. The summed E-state index contributed by atoms with van der Waals surface area (Å²) in [5, 5.41) is 2.69. The highest BCUT2D eigenvalue weighted by Gasteiger charge is 2.10. The Hall–Kier alpha value is -2.21. The summed E-state index contributed by atoms with van der Waals surface area (Å²) in [5.74, 6) is 0.720. The molecule has 2 heterocycles. The Morgan fingerprint density at radius 2 is 1.89 bits per heavy atom. The fourth-order valence-corrected chi connectivity index (χ4v) is 2.23. The summed E-state index contributed by atoms with van der Waals surface area (Å²) in [4.78, 5) is 17.0. The van der Waals surface area contributed by atoms with Gasteiger partial charge in [0.1, 0.15) is 5.69 Å². The highest BCUT2D eigenvalue weighted by molar-refractivity contribution is 7.98. The van der Waals surface area contributed by atoms with Gasteiger partial charge in [0, 0.05) is 11.6 Å². The van der Waals surface area contributed by atoms with E-state index in [2.05, 4.69) is 19.9 Å². The molecule has 0 saturated carbocycles. The van der Waals surface area contributed by atoms with E-state index >= 15 is 0 Å². The highest BCUT2D eigenvalue weighted by atomic mass is 32.2. The average molecular weight is 269 g/mol. The number of nitrogens with two attached hydrogens (primary N) is 1. The molecule has 0 aliphatic carbocycles. The number of hydrogen-bond acceptors (Lipinski definition) is 6. The first-order valence-corrected chi connectivity index (χ1v) is 6.90. The van der Waals surface area contributed by atoms with Crippen molar-refractivity contribution < 1.29 is 0 Å². The van der Waals surface area contributed by atoms with Crippen LogP contribution >= 0.6 is 11.8 Å². The van der Waals surface area contributed by atoms with Gasteiger partial charge in [-0.15, -0.1) is 0 Å². The summed E-state index contributed by atoms with van der Waals surface area (Å²) in [6, 6.07) is 9.94. The maximum absolute atomic E-state index is 5.71. The van der Waals surface area contributed by atoms with Crippen LogP contribution in [0.4, 0.5) is 5.95 Å². The number of thioether (sulfide) groups is 1. The number of nitrogens with zero attached hydrogens (tertiary/aromatic N) is 4. The molecule has 3 rings (SSSR count). The van der Waals surface area contributed by atoms with Gasteiger partial charge in [0.05, 0.1) is 0 Å². The van der Waals surface area contributed by atoms with Gasteiger partial charge in [-0.2, -0.15) is 9.97 Å². The first kappa shape index (κ1) is 11.9. The lowest BCUT2D eigenvalue weighted by Crippen LogP contribution is -2.02. The van der Waals surface area contributed by atoms with Crippen LogP contribution in [-0.4, -0.2) is 26.2 Å². The van der Waals surface area contributed by atoms with Gasteiger partial charge in [0.25, 0.3) is 0 Å². The van der Waals surface area contributed by atoms with Gasteiger partial charge < -0.3 is 5.73 Å². The molecule has 2 aromatic heterocycles. The molecule has 0 radical (unpaired) electrons. The van der Waals surface area contributed by atoms with Gasteiger partial charge in [-0.1, -0.05) is 36.0 Å². The van der Waals surface area contributed by atoms with Crippen LogP contribution in [0.2, 0.25) is 0 Å². The fourth-order valence-electron chi connectivity index (χ4n) is 1.87. The molecule has 0 bridgehead atoms. The molecule has 2 N–H and O–H groups in total. The summed E-state index contributed by atoms with van der Waals surface area (Å²) in [6.07, 6.45) is 3.64. The Balaban J connectivity index is 2.27. The van der Waals surface area contributed by atoms with Crippen LogP contribution in [-0.2, 0) is 0 Å². The smallest absolute Gasteiger partial charge is 0.224 e. The van der Waals surface area contributed by atoms with Crippen LogP contribution in [0.15, 0.2) is 41.7 Å². The number of anilines is 1. The maximum Gasteiger partial charge on any atom is 0.224 e. The molecule has 6 heteroatoms. The summed E-state index contributed by atoms with van der Waals surface area (Å²) in [6.45, 7) is 0. The molecule has 0 unspecified atom stereocenters. The van der Waals surface area contributed by atoms with Crippen molar-refractivity contribution in [3.63, 3.8) is 0 Å². The van der Waals surface area contributed by atoms with Gasteiger partial charge in [-0.25, -0.2) is 4.98 Å². The van der Waals surface area contributed by atoms with Crippen LogP contribution in [0.25, 0.3) is 22.3 Å². The minimum absolute atomic E-state index is 0.212. The molecule has 0 atom stereocenters. The van der Waals surface area contributed by atoms with Gasteiger partial charge in [-0.3, -0.25) is 4.98 Å². The van der Waals surface area contributed by atoms with Crippen molar-refractivity contribution in [1.82, 2.24) is 19.9 Å².